The summed E-state index contributed by atoms with van der Waals surface area (Å²) >= 11 is 0. The fourth-order valence-electron chi connectivity index (χ4n) is 1.68. The van der Waals surface area contributed by atoms with Crippen molar-refractivity contribution in [2.75, 3.05) is 24.8 Å². The molecule has 1 rings (SSSR count). The largest absolute Gasteiger partial charge is 0.508 e. The maximum atomic E-state index is 12.1. The molecule has 20 heavy (non-hydrogen) atoms. The van der Waals surface area contributed by atoms with Gasteiger partial charge in [-0.15, -0.1) is 0 Å². The summed E-state index contributed by atoms with van der Waals surface area (Å²) in [6.45, 7) is 1.63. The number of benzene rings is 1. The van der Waals surface area contributed by atoms with E-state index >= 15 is 0 Å². The molecule has 1 aromatic rings. The molecule has 0 amide bonds. The lowest BCUT2D eigenvalue weighted by Crippen LogP contribution is -2.33. The smallest absolute Gasteiger partial charge is 0.215 e. The molecule has 0 bridgehead atoms. The Labute approximate surface area is 120 Å². The van der Waals surface area contributed by atoms with Gasteiger partial charge in [-0.05, 0) is 13.0 Å². The van der Waals surface area contributed by atoms with Gasteiger partial charge in [0.1, 0.15) is 15.6 Å². The summed E-state index contributed by atoms with van der Waals surface area (Å²) in [6, 6.07) is 5.86. The average molecular weight is 321 g/mol. The van der Waals surface area contributed by atoms with E-state index in [0.717, 1.165) is 10.6 Å². The molecule has 0 fully saturated rings. The second kappa shape index (κ2) is 6.11. The molecular weight excluding hydrogens is 302 g/mol. The Bertz CT molecular complexity index is 667. The molecule has 1 aromatic carbocycles. The Morgan fingerprint density at radius 2 is 1.70 bits per heavy atom. The van der Waals surface area contributed by atoms with E-state index < -0.39 is 37.4 Å². The first kappa shape index (κ1) is 16.9. The minimum atomic E-state index is -3.71. The summed E-state index contributed by atoms with van der Waals surface area (Å²) in [5, 5.41) is 9.74. The van der Waals surface area contributed by atoms with E-state index in [9.17, 15) is 21.9 Å². The van der Waals surface area contributed by atoms with Gasteiger partial charge in [-0.3, -0.25) is 0 Å². The average Bonchev–Trinajstić information content (AvgIpc) is 2.34. The molecule has 1 unspecified atom stereocenters. The van der Waals surface area contributed by atoms with Crippen molar-refractivity contribution in [3.05, 3.63) is 29.8 Å². The van der Waals surface area contributed by atoms with E-state index in [2.05, 4.69) is 0 Å². The highest BCUT2D eigenvalue weighted by Gasteiger charge is 2.26. The van der Waals surface area contributed by atoms with Crippen LogP contribution in [0.1, 0.15) is 18.5 Å². The number of phenols is 1. The topological polar surface area (TPSA) is 91.8 Å². The van der Waals surface area contributed by atoms with Crippen LogP contribution in [0.4, 0.5) is 0 Å². The zero-order valence-electron chi connectivity index (χ0n) is 11.6. The van der Waals surface area contributed by atoms with Crippen LogP contribution in [0.2, 0.25) is 0 Å². The molecule has 0 radical (unpaired) electrons. The summed E-state index contributed by atoms with van der Waals surface area (Å²) in [5.41, 5.74) is 0.470. The summed E-state index contributed by atoms with van der Waals surface area (Å²) < 4.78 is 47.4. The molecule has 0 saturated carbocycles. The lowest BCUT2D eigenvalue weighted by Gasteiger charge is -2.25. The normalized spacial score (nSPS) is 14.4. The summed E-state index contributed by atoms with van der Waals surface area (Å²) in [5.74, 6) is -0.891. The molecule has 0 aliphatic carbocycles. The minimum Gasteiger partial charge on any atom is -0.508 e. The third-order valence-electron chi connectivity index (χ3n) is 3.08. The molecule has 0 aromatic heterocycles. The highest BCUT2D eigenvalue weighted by Crippen LogP contribution is 2.28. The molecule has 8 heteroatoms. The number of phenolic OH excluding ortho intramolecular Hbond substituents is 1. The van der Waals surface area contributed by atoms with Crippen LogP contribution in [0.3, 0.4) is 0 Å². The number of rotatable bonds is 6. The third-order valence-corrected chi connectivity index (χ3v) is 6.20. The second-order valence-electron chi connectivity index (χ2n) is 4.70. The molecule has 0 aliphatic heterocycles. The molecule has 6 nitrogen and oxygen atoms in total. The van der Waals surface area contributed by atoms with Gasteiger partial charge in [0.15, 0.2) is 0 Å². The van der Waals surface area contributed by atoms with Crippen LogP contribution in [0.5, 0.6) is 5.75 Å². The first-order chi connectivity index (χ1) is 9.04. The molecule has 0 aliphatic rings. The van der Waals surface area contributed by atoms with E-state index in [0.29, 0.717) is 5.56 Å². The van der Waals surface area contributed by atoms with Gasteiger partial charge >= 0.3 is 0 Å². The molecule has 0 saturated heterocycles. The first-order valence-corrected chi connectivity index (χ1v) is 9.63. The molecule has 0 heterocycles. The Morgan fingerprint density at radius 3 is 2.20 bits per heavy atom. The van der Waals surface area contributed by atoms with Crippen LogP contribution >= 0.6 is 0 Å². The third kappa shape index (κ3) is 4.46. The van der Waals surface area contributed by atoms with Crippen LogP contribution in [0, 0.1) is 0 Å². The highest BCUT2D eigenvalue weighted by molar-refractivity contribution is 7.93. The minimum absolute atomic E-state index is 0.00478. The van der Waals surface area contributed by atoms with E-state index in [1.54, 1.807) is 25.1 Å². The van der Waals surface area contributed by atoms with Gasteiger partial charge in [-0.2, -0.15) is 4.31 Å². The second-order valence-corrected chi connectivity index (χ2v) is 9.10. The van der Waals surface area contributed by atoms with Crippen molar-refractivity contribution in [1.82, 2.24) is 4.31 Å². The van der Waals surface area contributed by atoms with Gasteiger partial charge in [0.05, 0.1) is 17.5 Å². The quantitative estimate of drug-likeness (QED) is 0.835. The van der Waals surface area contributed by atoms with Crippen molar-refractivity contribution >= 4 is 19.9 Å². The Kier molecular flexibility index (Phi) is 5.17. The number of sulfonamides is 1. The summed E-state index contributed by atoms with van der Waals surface area (Å²) in [4.78, 5) is 0. The number of para-hydroxylation sites is 1. The number of aromatic hydroxyl groups is 1. The first-order valence-electron chi connectivity index (χ1n) is 5.96. The van der Waals surface area contributed by atoms with Crippen LogP contribution in [0.25, 0.3) is 0 Å². The molecule has 1 N–H and O–H groups in total. The fraction of sp³-hybridized carbons (Fsp3) is 0.500. The van der Waals surface area contributed by atoms with Crippen molar-refractivity contribution in [2.24, 2.45) is 0 Å². The Balaban J connectivity index is 2.94. The van der Waals surface area contributed by atoms with E-state index in [1.165, 1.54) is 13.1 Å². The number of hydrogen-bond donors (Lipinski definition) is 1. The van der Waals surface area contributed by atoms with Crippen molar-refractivity contribution in [3.8, 4) is 5.75 Å². The summed E-state index contributed by atoms with van der Waals surface area (Å²) in [7, 11) is -5.69. The van der Waals surface area contributed by atoms with Gasteiger partial charge in [-0.1, -0.05) is 18.2 Å². The van der Waals surface area contributed by atoms with E-state index in [4.69, 9.17) is 0 Å². The Morgan fingerprint density at radius 1 is 1.15 bits per heavy atom. The van der Waals surface area contributed by atoms with Crippen LogP contribution in [-0.4, -0.2) is 51.1 Å². The van der Waals surface area contributed by atoms with Gasteiger partial charge in [-0.25, -0.2) is 16.8 Å². The van der Waals surface area contributed by atoms with Crippen LogP contribution in [0.15, 0.2) is 24.3 Å². The van der Waals surface area contributed by atoms with E-state index in [1.807, 2.05) is 0 Å². The molecule has 114 valence electrons. The van der Waals surface area contributed by atoms with Crippen molar-refractivity contribution < 1.29 is 21.9 Å². The van der Waals surface area contributed by atoms with Crippen molar-refractivity contribution in [3.63, 3.8) is 0 Å². The monoisotopic (exact) mass is 321 g/mol. The SMILES string of the molecule is CC(c1ccccc1O)N(C)S(=O)(=O)CCS(C)(=O)=O. The fourth-order valence-corrected chi connectivity index (χ4v) is 4.62. The van der Waals surface area contributed by atoms with Gasteiger partial charge in [0.2, 0.25) is 10.0 Å². The zero-order valence-corrected chi connectivity index (χ0v) is 13.3. The van der Waals surface area contributed by atoms with E-state index in [-0.39, 0.29) is 5.75 Å². The van der Waals surface area contributed by atoms with Gasteiger partial charge < -0.3 is 5.11 Å². The lowest BCUT2D eigenvalue weighted by atomic mass is 10.1. The Hall–Kier alpha value is -1.12. The van der Waals surface area contributed by atoms with Gasteiger partial charge in [0, 0.05) is 18.9 Å². The maximum Gasteiger partial charge on any atom is 0.215 e. The number of sulfone groups is 1. The van der Waals surface area contributed by atoms with Crippen LogP contribution < -0.4 is 0 Å². The lowest BCUT2D eigenvalue weighted by molar-refractivity contribution is 0.381. The number of hydrogen-bond acceptors (Lipinski definition) is 5. The van der Waals surface area contributed by atoms with Crippen LogP contribution in [-0.2, 0) is 19.9 Å². The highest BCUT2D eigenvalue weighted by atomic mass is 32.2. The predicted octanol–water partition coefficient (Wildman–Crippen LogP) is 0.759. The summed E-state index contributed by atoms with van der Waals surface area (Å²) in [6.07, 6.45) is 0.995. The molecular formula is C12H19NO5S2. The maximum absolute atomic E-state index is 12.1. The van der Waals surface area contributed by atoms with Crippen molar-refractivity contribution in [2.45, 2.75) is 13.0 Å². The predicted molar refractivity (Wildman–Crippen MR) is 77.8 cm³/mol. The zero-order chi connectivity index (χ0) is 15.6. The molecule has 0 spiro atoms. The molecule has 1 atom stereocenters. The number of nitrogens with zero attached hydrogens (tertiary/aromatic N) is 1. The van der Waals surface area contributed by atoms with Gasteiger partial charge in [0.25, 0.3) is 0 Å². The standard InChI is InChI=1S/C12H19NO5S2/c1-10(11-6-4-5-7-12(11)14)13(2)20(17,18)9-8-19(3,15)16/h4-7,10,14H,8-9H2,1-3H3. The van der Waals surface area contributed by atoms with Crippen molar-refractivity contribution in [1.29, 1.82) is 0 Å².